The molecule has 0 bridgehead atoms. The van der Waals surface area contributed by atoms with E-state index in [4.69, 9.17) is 9.47 Å². The largest absolute Gasteiger partial charge is 0.494 e. The molecule has 0 spiro atoms. The lowest BCUT2D eigenvalue weighted by molar-refractivity contribution is 0.100. The summed E-state index contributed by atoms with van der Waals surface area (Å²) in [6.45, 7) is 4.04. The number of hydrogen-bond acceptors (Lipinski definition) is 2. The van der Waals surface area contributed by atoms with Crippen LogP contribution in [0.25, 0.3) is 0 Å². The van der Waals surface area contributed by atoms with Gasteiger partial charge in [-0.15, -0.1) is 0 Å². The predicted molar refractivity (Wildman–Crippen MR) is 96.9 cm³/mol. The highest BCUT2D eigenvalue weighted by atomic mass is 79.9. The number of ether oxygens (including phenoxy) is 2. The maximum absolute atomic E-state index is 13.3. The molecule has 2 nitrogen and oxygen atoms in total. The molecule has 0 atom stereocenters. The molecule has 24 heavy (non-hydrogen) atoms. The van der Waals surface area contributed by atoms with Crippen LogP contribution in [0.2, 0.25) is 0 Å². The highest BCUT2D eigenvalue weighted by Crippen LogP contribution is 2.48. The second kappa shape index (κ2) is 7.66. The van der Waals surface area contributed by atoms with E-state index in [2.05, 4.69) is 35.0 Å². The van der Waals surface area contributed by atoms with Crippen LogP contribution in [0.3, 0.4) is 0 Å². The molecule has 1 fully saturated rings. The summed E-state index contributed by atoms with van der Waals surface area (Å²) >= 11 is 3.21. The van der Waals surface area contributed by atoms with E-state index in [9.17, 15) is 4.39 Å². The maximum Gasteiger partial charge on any atom is 0.137 e. The summed E-state index contributed by atoms with van der Waals surface area (Å²) in [6, 6.07) is 13.4. The molecule has 0 heterocycles. The van der Waals surface area contributed by atoms with Crippen molar-refractivity contribution in [3.63, 3.8) is 0 Å². The molecule has 4 heteroatoms. The van der Waals surface area contributed by atoms with Gasteiger partial charge >= 0.3 is 0 Å². The van der Waals surface area contributed by atoms with Crippen LogP contribution in [-0.4, -0.2) is 13.2 Å². The number of benzene rings is 2. The Hall–Kier alpha value is -1.39. The van der Waals surface area contributed by atoms with E-state index in [1.807, 2.05) is 12.1 Å². The van der Waals surface area contributed by atoms with Crippen molar-refractivity contribution in [2.24, 2.45) is 0 Å². The summed E-state index contributed by atoms with van der Waals surface area (Å²) < 4.78 is 25.3. The van der Waals surface area contributed by atoms with E-state index >= 15 is 0 Å². The van der Waals surface area contributed by atoms with Crippen LogP contribution in [-0.2, 0) is 16.8 Å². The van der Waals surface area contributed by atoms with Crippen molar-refractivity contribution in [1.29, 1.82) is 0 Å². The van der Waals surface area contributed by atoms with E-state index in [1.165, 1.54) is 11.6 Å². The molecular weight excluding hydrogens is 371 g/mol. The summed E-state index contributed by atoms with van der Waals surface area (Å²) in [4.78, 5) is 0. The molecule has 0 aromatic heterocycles. The zero-order valence-corrected chi connectivity index (χ0v) is 15.4. The van der Waals surface area contributed by atoms with Crippen LogP contribution in [0, 0.1) is 5.82 Å². The molecular formula is C20H22BrFO2. The van der Waals surface area contributed by atoms with Gasteiger partial charge in [-0.2, -0.15) is 0 Å². The third-order valence-corrected chi connectivity index (χ3v) is 5.03. The van der Waals surface area contributed by atoms with E-state index in [1.54, 1.807) is 12.1 Å². The van der Waals surface area contributed by atoms with Gasteiger partial charge in [-0.3, -0.25) is 0 Å². The molecule has 1 aliphatic rings. The van der Waals surface area contributed by atoms with Gasteiger partial charge < -0.3 is 9.47 Å². The molecule has 0 unspecified atom stereocenters. The lowest BCUT2D eigenvalue weighted by Gasteiger charge is -2.17. The molecule has 128 valence electrons. The van der Waals surface area contributed by atoms with Crippen molar-refractivity contribution in [2.75, 3.05) is 13.2 Å². The van der Waals surface area contributed by atoms with Gasteiger partial charge in [-0.1, -0.05) is 25.1 Å². The first-order valence-electron chi connectivity index (χ1n) is 8.38. The van der Waals surface area contributed by atoms with Crippen LogP contribution < -0.4 is 4.74 Å². The number of hydrogen-bond donors (Lipinski definition) is 0. The number of halogens is 2. The Morgan fingerprint density at radius 3 is 2.50 bits per heavy atom. The summed E-state index contributed by atoms with van der Waals surface area (Å²) in [7, 11) is 0. The second-order valence-electron chi connectivity index (χ2n) is 6.39. The van der Waals surface area contributed by atoms with Gasteiger partial charge in [-0.25, -0.2) is 4.39 Å². The topological polar surface area (TPSA) is 18.5 Å². The third-order valence-electron chi connectivity index (χ3n) is 4.42. The van der Waals surface area contributed by atoms with Gasteiger partial charge in [-0.05, 0) is 70.6 Å². The summed E-state index contributed by atoms with van der Waals surface area (Å²) in [5.41, 5.74) is 2.43. The summed E-state index contributed by atoms with van der Waals surface area (Å²) in [6.07, 6.45) is 3.31. The van der Waals surface area contributed by atoms with Crippen LogP contribution in [0.1, 0.15) is 37.3 Å². The molecule has 3 rings (SSSR count). The molecule has 1 aliphatic carbocycles. The molecule has 0 radical (unpaired) electrons. The second-order valence-corrected chi connectivity index (χ2v) is 7.25. The van der Waals surface area contributed by atoms with Crippen molar-refractivity contribution < 1.29 is 13.9 Å². The minimum absolute atomic E-state index is 0.139. The Bertz CT molecular complexity index is 681. The van der Waals surface area contributed by atoms with Crippen molar-refractivity contribution in [3.8, 4) is 5.75 Å². The first kappa shape index (κ1) is 17.4. The van der Waals surface area contributed by atoms with Crippen LogP contribution >= 0.6 is 15.9 Å². The Balaban J connectivity index is 1.55. The van der Waals surface area contributed by atoms with E-state index in [-0.39, 0.29) is 11.2 Å². The molecule has 0 amide bonds. The molecule has 0 N–H and O–H groups in total. The van der Waals surface area contributed by atoms with E-state index in [0.29, 0.717) is 17.7 Å². The molecule has 1 saturated carbocycles. The Morgan fingerprint density at radius 2 is 1.88 bits per heavy atom. The lowest BCUT2D eigenvalue weighted by Crippen LogP contribution is -2.15. The predicted octanol–water partition coefficient (Wildman–Crippen LogP) is 5.63. The fourth-order valence-electron chi connectivity index (χ4n) is 2.79. The normalized spacial score (nSPS) is 15.3. The first-order valence-corrected chi connectivity index (χ1v) is 9.17. The fourth-order valence-corrected chi connectivity index (χ4v) is 3.21. The zero-order valence-electron chi connectivity index (χ0n) is 13.9. The molecule has 2 aromatic rings. The molecule has 0 saturated heterocycles. The highest BCUT2D eigenvalue weighted by Gasteiger charge is 2.44. The Kier molecular flexibility index (Phi) is 5.57. The average molecular weight is 393 g/mol. The SMILES string of the molecule is CCCOc1ccc(C2(COCc3ccc(F)c(Br)c3)CC2)cc1. The summed E-state index contributed by atoms with van der Waals surface area (Å²) in [5, 5.41) is 0. The van der Waals surface area contributed by atoms with Gasteiger partial charge in [0.15, 0.2) is 0 Å². The van der Waals surface area contributed by atoms with Gasteiger partial charge in [0, 0.05) is 5.41 Å². The van der Waals surface area contributed by atoms with Gasteiger partial charge in [0.2, 0.25) is 0 Å². The first-order chi connectivity index (χ1) is 11.6. The summed E-state index contributed by atoms with van der Waals surface area (Å²) in [5.74, 6) is 0.677. The van der Waals surface area contributed by atoms with Gasteiger partial charge in [0.05, 0.1) is 24.3 Å². The molecule has 0 aliphatic heterocycles. The zero-order chi connectivity index (χ0) is 17.0. The van der Waals surface area contributed by atoms with Crippen LogP contribution in [0.4, 0.5) is 4.39 Å². The Morgan fingerprint density at radius 1 is 1.12 bits per heavy atom. The minimum Gasteiger partial charge on any atom is -0.494 e. The van der Waals surface area contributed by atoms with E-state index in [0.717, 1.165) is 37.2 Å². The van der Waals surface area contributed by atoms with E-state index < -0.39 is 0 Å². The monoisotopic (exact) mass is 392 g/mol. The lowest BCUT2D eigenvalue weighted by atomic mass is 9.97. The maximum atomic E-state index is 13.3. The van der Waals surface area contributed by atoms with Crippen LogP contribution in [0.5, 0.6) is 5.75 Å². The highest BCUT2D eigenvalue weighted by molar-refractivity contribution is 9.10. The van der Waals surface area contributed by atoms with Crippen LogP contribution in [0.15, 0.2) is 46.9 Å². The van der Waals surface area contributed by atoms with Gasteiger partial charge in [0.25, 0.3) is 0 Å². The van der Waals surface area contributed by atoms with Crippen molar-refractivity contribution in [1.82, 2.24) is 0 Å². The standard InChI is InChI=1S/C20H22BrFO2/c1-2-11-24-17-6-4-16(5-7-17)20(9-10-20)14-23-13-15-3-8-19(22)18(21)12-15/h3-8,12H,2,9-11,13-14H2,1H3. The van der Waals surface area contributed by atoms with Crippen molar-refractivity contribution >= 4 is 15.9 Å². The quantitative estimate of drug-likeness (QED) is 0.579. The smallest absolute Gasteiger partial charge is 0.137 e. The van der Waals surface area contributed by atoms with Crippen molar-refractivity contribution in [2.45, 2.75) is 38.2 Å². The Labute approximate surface area is 151 Å². The number of rotatable bonds is 8. The molecule has 2 aromatic carbocycles. The third kappa shape index (κ3) is 4.17. The fraction of sp³-hybridized carbons (Fsp3) is 0.400. The van der Waals surface area contributed by atoms with Gasteiger partial charge in [0.1, 0.15) is 11.6 Å². The average Bonchev–Trinajstić information content (AvgIpc) is 3.38. The minimum atomic E-state index is -0.247. The van der Waals surface area contributed by atoms with Crippen molar-refractivity contribution in [3.05, 3.63) is 63.9 Å².